The summed E-state index contributed by atoms with van der Waals surface area (Å²) in [5, 5.41) is 0. The number of hydrogen-bond acceptors (Lipinski definition) is 2. The van der Waals surface area contributed by atoms with Crippen LogP contribution >= 0.6 is 12.6 Å². The van der Waals surface area contributed by atoms with E-state index in [2.05, 4.69) is 38.6 Å². The van der Waals surface area contributed by atoms with Crippen molar-refractivity contribution in [1.82, 2.24) is 0 Å². The summed E-state index contributed by atoms with van der Waals surface area (Å²) >= 11 is 4.27. The molecular formula is C11H16OS. The van der Waals surface area contributed by atoms with Gasteiger partial charge in [0.1, 0.15) is 5.75 Å². The lowest BCUT2D eigenvalue weighted by Gasteiger charge is -2.11. The highest BCUT2D eigenvalue weighted by Crippen LogP contribution is 2.24. The molecule has 1 aromatic rings. The van der Waals surface area contributed by atoms with Gasteiger partial charge in [-0.25, -0.2) is 0 Å². The van der Waals surface area contributed by atoms with Crippen molar-refractivity contribution in [2.45, 2.75) is 26.0 Å². The fourth-order valence-electron chi connectivity index (χ4n) is 1.43. The van der Waals surface area contributed by atoms with Crippen LogP contribution < -0.4 is 4.74 Å². The highest BCUT2D eigenvalue weighted by molar-refractivity contribution is 7.79. The van der Waals surface area contributed by atoms with Gasteiger partial charge in [0, 0.05) is 5.75 Å². The average Bonchev–Trinajstić information content (AvgIpc) is 2.17. The number of thiol groups is 1. The van der Waals surface area contributed by atoms with E-state index in [4.69, 9.17) is 4.74 Å². The standard InChI is InChI=1S/C11H16OS/c1-4-9-5-8(2)10(7-13)6-11(9)12-3/h5-6,13H,4,7H2,1-3H3. The van der Waals surface area contributed by atoms with E-state index in [1.165, 1.54) is 16.7 Å². The maximum Gasteiger partial charge on any atom is 0.122 e. The van der Waals surface area contributed by atoms with Crippen LogP contribution in [0.1, 0.15) is 23.6 Å². The van der Waals surface area contributed by atoms with Crippen LogP contribution in [0.4, 0.5) is 0 Å². The van der Waals surface area contributed by atoms with E-state index >= 15 is 0 Å². The van der Waals surface area contributed by atoms with Crippen molar-refractivity contribution >= 4 is 12.6 Å². The van der Waals surface area contributed by atoms with Gasteiger partial charge in [-0.15, -0.1) is 0 Å². The monoisotopic (exact) mass is 196 g/mol. The number of methoxy groups -OCH3 is 1. The van der Waals surface area contributed by atoms with Crippen LogP contribution in [0.2, 0.25) is 0 Å². The quantitative estimate of drug-likeness (QED) is 0.731. The SMILES string of the molecule is CCc1cc(C)c(CS)cc1OC. The topological polar surface area (TPSA) is 9.23 Å². The molecule has 1 aromatic carbocycles. The van der Waals surface area contributed by atoms with Crippen molar-refractivity contribution in [3.63, 3.8) is 0 Å². The normalized spacial score (nSPS) is 10.2. The van der Waals surface area contributed by atoms with Gasteiger partial charge in [-0.2, -0.15) is 12.6 Å². The molecule has 0 saturated heterocycles. The lowest BCUT2D eigenvalue weighted by Crippen LogP contribution is -1.94. The van der Waals surface area contributed by atoms with Gasteiger partial charge in [0.25, 0.3) is 0 Å². The first kappa shape index (κ1) is 10.5. The minimum Gasteiger partial charge on any atom is -0.496 e. The summed E-state index contributed by atoms with van der Waals surface area (Å²) in [6, 6.07) is 4.27. The summed E-state index contributed by atoms with van der Waals surface area (Å²) < 4.78 is 5.30. The molecule has 0 saturated carbocycles. The first-order chi connectivity index (χ1) is 6.22. The molecule has 0 amide bonds. The third kappa shape index (κ3) is 2.19. The fourth-order valence-corrected chi connectivity index (χ4v) is 1.77. The molecule has 0 spiro atoms. The second kappa shape index (κ2) is 4.56. The zero-order chi connectivity index (χ0) is 9.84. The summed E-state index contributed by atoms with van der Waals surface area (Å²) in [5.74, 6) is 1.75. The van der Waals surface area contributed by atoms with Gasteiger partial charge in [-0.05, 0) is 36.1 Å². The van der Waals surface area contributed by atoms with E-state index in [0.29, 0.717) is 0 Å². The third-order valence-electron chi connectivity index (χ3n) is 2.29. The van der Waals surface area contributed by atoms with Gasteiger partial charge in [-0.1, -0.05) is 13.0 Å². The second-order valence-electron chi connectivity index (χ2n) is 3.10. The summed E-state index contributed by atoms with van der Waals surface area (Å²) in [4.78, 5) is 0. The number of rotatable bonds is 3. The van der Waals surface area contributed by atoms with E-state index in [0.717, 1.165) is 17.9 Å². The third-order valence-corrected chi connectivity index (χ3v) is 2.63. The highest BCUT2D eigenvalue weighted by atomic mass is 32.1. The molecule has 0 aliphatic heterocycles. The molecule has 0 fully saturated rings. The van der Waals surface area contributed by atoms with E-state index < -0.39 is 0 Å². The molecule has 0 aromatic heterocycles. The number of aryl methyl sites for hydroxylation is 2. The van der Waals surface area contributed by atoms with Crippen molar-refractivity contribution in [1.29, 1.82) is 0 Å². The van der Waals surface area contributed by atoms with Crippen molar-refractivity contribution in [3.05, 3.63) is 28.8 Å². The smallest absolute Gasteiger partial charge is 0.122 e. The molecule has 1 nitrogen and oxygen atoms in total. The van der Waals surface area contributed by atoms with Gasteiger partial charge in [-0.3, -0.25) is 0 Å². The van der Waals surface area contributed by atoms with Gasteiger partial charge in [0.05, 0.1) is 7.11 Å². The van der Waals surface area contributed by atoms with Crippen LogP contribution in [0.3, 0.4) is 0 Å². The van der Waals surface area contributed by atoms with Gasteiger partial charge in [0.15, 0.2) is 0 Å². The molecule has 0 unspecified atom stereocenters. The molecule has 13 heavy (non-hydrogen) atoms. The summed E-state index contributed by atoms with van der Waals surface area (Å²) in [5.41, 5.74) is 3.82. The highest BCUT2D eigenvalue weighted by Gasteiger charge is 2.04. The maximum absolute atomic E-state index is 5.30. The molecule has 0 radical (unpaired) electrons. The van der Waals surface area contributed by atoms with Gasteiger partial charge < -0.3 is 4.74 Å². The van der Waals surface area contributed by atoms with Crippen molar-refractivity contribution in [3.8, 4) is 5.75 Å². The molecular weight excluding hydrogens is 180 g/mol. The van der Waals surface area contributed by atoms with Crippen LogP contribution in [0.25, 0.3) is 0 Å². The fraction of sp³-hybridized carbons (Fsp3) is 0.455. The Morgan fingerprint density at radius 3 is 2.46 bits per heavy atom. The molecule has 1 rings (SSSR count). The Hall–Kier alpha value is -0.630. The number of benzene rings is 1. The average molecular weight is 196 g/mol. The Morgan fingerprint density at radius 1 is 1.31 bits per heavy atom. The summed E-state index contributed by atoms with van der Waals surface area (Å²) in [6.45, 7) is 4.25. The molecule has 0 N–H and O–H groups in total. The van der Waals surface area contributed by atoms with Crippen LogP contribution in [0, 0.1) is 6.92 Å². The molecule has 0 aliphatic carbocycles. The van der Waals surface area contributed by atoms with Crippen LogP contribution in [0.15, 0.2) is 12.1 Å². The Kier molecular flexibility index (Phi) is 3.67. The Morgan fingerprint density at radius 2 is 2.00 bits per heavy atom. The zero-order valence-corrected chi connectivity index (χ0v) is 9.32. The van der Waals surface area contributed by atoms with Gasteiger partial charge >= 0.3 is 0 Å². The lowest BCUT2D eigenvalue weighted by atomic mass is 10.0. The Balaban J connectivity index is 3.18. The zero-order valence-electron chi connectivity index (χ0n) is 8.42. The van der Waals surface area contributed by atoms with Crippen LogP contribution in [0.5, 0.6) is 5.75 Å². The summed E-state index contributed by atoms with van der Waals surface area (Å²) in [6.07, 6.45) is 1.01. The molecule has 0 heterocycles. The predicted octanol–water partition coefficient (Wildman–Crippen LogP) is 3.00. The number of hydrogen-bond donors (Lipinski definition) is 1. The van der Waals surface area contributed by atoms with E-state index in [9.17, 15) is 0 Å². The van der Waals surface area contributed by atoms with Crippen LogP contribution in [-0.4, -0.2) is 7.11 Å². The predicted molar refractivity (Wildman–Crippen MR) is 59.8 cm³/mol. The Labute approximate surface area is 85.5 Å². The minimum atomic E-state index is 0.770. The Bertz CT molecular complexity index is 294. The molecule has 2 heteroatoms. The largest absolute Gasteiger partial charge is 0.496 e. The minimum absolute atomic E-state index is 0.770. The first-order valence-electron chi connectivity index (χ1n) is 4.50. The van der Waals surface area contributed by atoms with Crippen molar-refractivity contribution < 1.29 is 4.74 Å². The van der Waals surface area contributed by atoms with E-state index in [1.54, 1.807) is 7.11 Å². The molecule has 72 valence electrons. The molecule has 0 atom stereocenters. The molecule has 0 bridgehead atoms. The van der Waals surface area contributed by atoms with Crippen LogP contribution in [-0.2, 0) is 12.2 Å². The van der Waals surface area contributed by atoms with E-state index in [-0.39, 0.29) is 0 Å². The van der Waals surface area contributed by atoms with Crippen molar-refractivity contribution in [2.75, 3.05) is 7.11 Å². The first-order valence-corrected chi connectivity index (χ1v) is 5.13. The van der Waals surface area contributed by atoms with Crippen molar-refractivity contribution in [2.24, 2.45) is 0 Å². The summed E-state index contributed by atoms with van der Waals surface area (Å²) in [7, 11) is 1.71. The second-order valence-corrected chi connectivity index (χ2v) is 3.42. The number of ether oxygens (including phenoxy) is 1. The van der Waals surface area contributed by atoms with E-state index in [1.807, 2.05) is 0 Å². The lowest BCUT2D eigenvalue weighted by molar-refractivity contribution is 0.409. The maximum atomic E-state index is 5.30. The van der Waals surface area contributed by atoms with Gasteiger partial charge in [0.2, 0.25) is 0 Å². The molecule has 0 aliphatic rings.